The van der Waals surface area contributed by atoms with Crippen LogP contribution in [0.4, 0.5) is 0 Å². The summed E-state index contributed by atoms with van der Waals surface area (Å²) in [4.78, 5) is 12.0. The van der Waals surface area contributed by atoms with Crippen molar-refractivity contribution in [2.24, 2.45) is 5.92 Å². The van der Waals surface area contributed by atoms with Crippen LogP contribution in [0.1, 0.15) is 25.3 Å². The number of hydrogen-bond donors (Lipinski definition) is 1. The van der Waals surface area contributed by atoms with Crippen LogP contribution < -0.4 is 5.32 Å². The van der Waals surface area contributed by atoms with E-state index in [0.717, 1.165) is 19.4 Å². The van der Waals surface area contributed by atoms with E-state index in [1.807, 2.05) is 11.4 Å². The Morgan fingerprint density at radius 2 is 2.53 bits per heavy atom. The number of Topliss-reactive ketones (excluding diaryl/α,β-unsaturated/α-hetero) is 1. The zero-order chi connectivity index (χ0) is 10.7. The van der Waals surface area contributed by atoms with Gasteiger partial charge in [0.1, 0.15) is 5.78 Å². The van der Waals surface area contributed by atoms with Gasteiger partial charge in [-0.05, 0) is 48.7 Å². The molecule has 1 aliphatic heterocycles. The molecule has 2 unspecified atom stereocenters. The molecule has 2 rings (SSSR count). The summed E-state index contributed by atoms with van der Waals surface area (Å²) in [5.41, 5.74) is 1.17. The third-order valence-corrected chi connectivity index (χ3v) is 3.87. The molecule has 2 heterocycles. The molecule has 82 valence electrons. The van der Waals surface area contributed by atoms with Gasteiger partial charge in [-0.15, -0.1) is 0 Å². The lowest BCUT2D eigenvalue weighted by molar-refractivity contribution is -0.123. The minimum atomic E-state index is 0.221. The first-order valence-corrected chi connectivity index (χ1v) is 6.49. The largest absolute Gasteiger partial charge is 0.314 e. The van der Waals surface area contributed by atoms with E-state index >= 15 is 0 Å². The molecule has 1 aromatic heterocycles. The lowest BCUT2D eigenvalue weighted by atomic mass is 9.86. The summed E-state index contributed by atoms with van der Waals surface area (Å²) < 4.78 is 0. The van der Waals surface area contributed by atoms with Crippen molar-refractivity contribution in [1.29, 1.82) is 0 Å². The van der Waals surface area contributed by atoms with E-state index in [-0.39, 0.29) is 5.92 Å². The zero-order valence-electron chi connectivity index (χ0n) is 9.03. The maximum Gasteiger partial charge on any atom is 0.141 e. The summed E-state index contributed by atoms with van der Waals surface area (Å²) in [5, 5.41) is 7.48. The fourth-order valence-corrected chi connectivity index (χ4v) is 2.88. The van der Waals surface area contributed by atoms with Gasteiger partial charge < -0.3 is 5.32 Å². The molecule has 2 nitrogen and oxygen atoms in total. The van der Waals surface area contributed by atoms with Crippen LogP contribution in [0.5, 0.6) is 0 Å². The number of ketones is 1. The fraction of sp³-hybridized carbons (Fsp3) is 0.583. The van der Waals surface area contributed by atoms with Gasteiger partial charge in [0.05, 0.1) is 0 Å². The molecule has 0 amide bonds. The summed E-state index contributed by atoms with van der Waals surface area (Å²) in [7, 11) is 0. The lowest BCUT2D eigenvalue weighted by Crippen LogP contribution is -2.43. The summed E-state index contributed by atoms with van der Waals surface area (Å²) in [5.74, 6) is 0.617. The first-order chi connectivity index (χ1) is 7.27. The van der Waals surface area contributed by atoms with E-state index in [4.69, 9.17) is 0 Å². The van der Waals surface area contributed by atoms with Crippen molar-refractivity contribution >= 4 is 17.1 Å². The number of nitrogens with one attached hydrogen (secondary N) is 1. The number of thiophene rings is 1. The quantitative estimate of drug-likeness (QED) is 0.851. The Morgan fingerprint density at radius 3 is 3.20 bits per heavy atom. The van der Waals surface area contributed by atoms with Crippen LogP contribution in [-0.2, 0) is 11.2 Å². The average Bonchev–Trinajstić information content (AvgIpc) is 2.71. The Balaban J connectivity index is 1.95. The highest BCUT2D eigenvalue weighted by Gasteiger charge is 2.26. The Kier molecular flexibility index (Phi) is 3.54. The molecule has 0 bridgehead atoms. The van der Waals surface area contributed by atoms with Gasteiger partial charge in [-0.25, -0.2) is 0 Å². The number of piperidine rings is 1. The van der Waals surface area contributed by atoms with E-state index in [0.29, 0.717) is 18.2 Å². The van der Waals surface area contributed by atoms with Gasteiger partial charge in [-0.3, -0.25) is 4.79 Å². The van der Waals surface area contributed by atoms with Gasteiger partial charge in [0.15, 0.2) is 0 Å². The zero-order valence-corrected chi connectivity index (χ0v) is 9.85. The molecule has 0 spiro atoms. The van der Waals surface area contributed by atoms with Crippen LogP contribution in [0.2, 0.25) is 0 Å². The van der Waals surface area contributed by atoms with E-state index in [2.05, 4.69) is 17.6 Å². The predicted octanol–water partition coefficient (Wildman–Crippen LogP) is 2.25. The lowest BCUT2D eigenvalue weighted by Gasteiger charge is -2.28. The van der Waals surface area contributed by atoms with Crippen molar-refractivity contribution in [2.75, 3.05) is 6.54 Å². The molecule has 1 N–H and O–H groups in total. The highest BCUT2D eigenvalue weighted by Crippen LogP contribution is 2.20. The smallest absolute Gasteiger partial charge is 0.141 e. The second-order valence-corrected chi connectivity index (χ2v) is 5.05. The Bertz CT molecular complexity index is 320. The minimum Gasteiger partial charge on any atom is -0.314 e. The molecule has 3 heteroatoms. The number of carbonyl (C=O) groups excluding carboxylic acids is 1. The normalized spacial score (nSPS) is 26.5. The maximum absolute atomic E-state index is 12.0. The van der Waals surface area contributed by atoms with Crippen molar-refractivity contribution < 1.29 is 4.79 Å². The minimum absolute atomic E-state index is 0.221. The van der Waals surface area contributed by atoms with Gasteiger partial charge in [-0.1, -0.05) is 0 Å². The van der Waals surface area contributed by atoms with Crippen LogP contribution in [0.25, 0.3) is 0 Å². The standard InChI is InChI=1S/C12H17NOS/c1-9-11(3-2-5-13-9)12(14)7-10-4-6-15-8-10/h4,6,8-9,11,13H,2-3,5,7H2,1H3. The van der Waals surface area contributed by atoms with Gasteiger partial charge >= 0.3 is 0 Å². The van der Waals surface area contributed by atoms with E-state index in [1.54, 1.807) is 11.3 Å². The van der Waals surface area contributed by atoms with Crippen LogP contribution in [-0.4, -0.2) is 18.4 Å². The highest BCUT2D eigenvalue weighted by molar-refractivity contribution is 7.07. The van der Waals surface area contributed by atoms with E-state index in [1.165, 1.54) is 5.56 Å². The molecule has 1 aromatic rings. The predicted molar refractivity (Wildman–Crippen MR) is 63.2 cm³/mol. The molecular weight excluding hydrogens is 206 g/mol. The molecule has 0 radical (unpaired) electrons. The first-order valence-electron chi connectivity index (χ1n) is 5.54. The molecule has 0 aromatic carbocycles. The van der Waals surface area contributed by atoms with E-state index in [9.17, 15) is 4.79 Å². The molecule has 0 aliphatic carbocycles. The SMILES string of the molecule is CC1NCCCC1C(=O)Cc1ccsc1. The second-order valence-electron chi connectivity index (χ2n) is 4.27. The van der Waals surface area contributed by atoms with Crippen LogP contribution in [0.15, 0.2) is 16.8 Å². The van der Waals surface area contributed by atoms with Crippen molar-refractivity contribution in [3.05, 3.63) is 22.4 Å². The second kappa shape index (κ2) is 4.90. The average molecular weight is 223 g/mol. The molecule has 15 heavy (non-hydrogen) atoms. The molecule has 1 aliphatic rings. The van der Waals surface area contributed by atoms with Crippen molar-refractivity contribution in [1.82, 2.24) is 5.32 Å². The van der Waals surface area contributed by atoms with Crippen LogP contribution >= 0.6 is 11.3 Å². The Labute approximate surface area is 94.7 Å². The fourth-order valence-electron chi connectivity index (χ4n) is 2.21. The Morgan fingerprint density at radius 1 is 1.67 bits per heavy atom. The van der Waals surface area contributed by atoms with Crippen molar-refractivity contribution in [3.8, 4) is 0 Å². The number of carbonyl (C=O) groups is 1. The molecule has 1 saturated heterocycles. The third kappa shape index (κ3) is 2.67. The summed E-state index contributed by atoms with van der Waals surface area (Å²) in [6.45, 7) is 3.18. The van der Waals surface area contributed by atoms with Gasteiger partial charge in [0.25, 0.3) is 0 Å². The maximum atomic E-state index is 12.0. The number of hydrogen-bond acceptors (Lipinski definition) is 3. The summed E-state index contributed by atoms with van der Waals surface area (Å²) in [6.07, 6.45) is 2.79. The Hall–Kier alpha value is -0.670. The van der Waals surface area contributed by atoms with Gasteiger partial charge in [0, 0.05) is 18.4 Å². The topological polar surface area (TPSA) is 29.1 Å². The van der Waals surface area contributed by atoms with Gasteiger partial charge in [0.2, 0.25) is 0 Å². The summed E-state index contributed by atoms with van der Waals surface area (Å²) >= 11 is 1.66. The van der Waals surface area contributed by atoms with Crippen LogP contribution in [0, 0.1) is 5.92 Å². The van der Waals surface area contributed by atoms with Crippen LogP contribution in [0.3, 0.4) is 0 Å². The third-order valence-electron chi connectivity index (χ3n) is 3.13. The number of rotatable bonds is 3. The van der Waals surface area contributed by atoms with Crippen molar-refractivity contribution in [2.45, 2.75) is 32.2 Å². The molecule has 0 saturated carbocycles. The summed E-state index contributed by atoms with van der Waals surface area (Å²) in [6, 6.07) is 2.40. The van der Waals surface area contributed by atoms with E-state index < -0.39 is 0 Å². The molecule has 2 atom stereocenters. The molecule has 1 fully saturated rings. The molecular formula is C12H17NOS. The highest BCUT2D eigenvalue weighted by atomic mass is 32.1. The van der Waals surface area contributed by atoms with Crippen molar-refractivity contribution in [3.63, 3.8) is 0 Å². The van der Waals surface area contributed by atoms with Gasteiger partial charge in [-0.2, -0.15) is 11.3 Å². The monoisotopic (exact) mass is 223 g/mol. The first kappa shape index (κ1) is 10.8.